The van der Waals surface area contributed by atoms with Crippen LogP contribution in [0.5, 0.6) is 11.5 Å². The summed E-state index contributed by atoms with van der Waals surface area (Å²) in [6.45, 7) is 4.47. The fourth-order valence-electron chi connectivity index (χ4n) is 3.54. The van der Waals surface area contributed by atoms with Crippen LogP contribution in [0.2, 0.25) is 0 Å². The van der Waals surface area contributed by atoms with E-state index in [4.69, 9.17) is 9.47 Å². The average molecular weight is 433 g/mol. The molecule has 2 aromatic carbocycles. The molecule has 0 saturated carbocycles. The van der Waals surface area contributed by atoms with Crippen molar-refractivity contribution in [2.75, 3.05) is 27.3 Å². The highest BCUT2D eigenvalue weighted by molar-refractivity contribution is 7.89. The van der Waals surface area contributed by atoms with Gasteiger partial charge in [0.2, 0.25) is 10.0 Å². The number of amides is 1. The third-order valence-corrected chi connectivity index (χ3v) is 7.44. The van der Waals surface area contributed by atoms with E-state index < -0.39 is 10.0 Å². The van der Waals surface area contributed by atoms with Gasteiger partial charge in [0.15, 0.2) is 0 Å². The third-order valence-electron chi connectivity index (χ3n) is 5.52. The maximum absolute atomic E-state index is 13.2. The molecule has 0 atom stereocenters. The lowest BCUT2D eigenvalue weighted by atomic mass is 10.1. The lowest BCUT2D eigenvalue weighted by Crippen LogP contribution is -2.46. The minimum atomic E-state index is -3.68. The summed E-state index contributed by atoms with van der Waals surface area (Å²) < 4.78 is 38.3. The van der Waals surface area contributed by atoms with Crippen molar-refractivity contribution in [1.82, 2.24) is 9.62 Å². The summed E-state index contributed by atoms with van der Waals surface area (Å²) in [4.78, 5) is 12.7. The predicted molar refractivity (Wildman–Crippen MR) is 115 cm³/mol. The SMILES string of the molecule is COc1cccc(C(=O)NC2CCN(S(=O)(=O)c3cc(C)c(C)cc3OC)CC2)c1. The largest absolute Gasteiger partial charge is 0.497 e. The molecule has 1 N–H and O–H groups in total. The predicted octanol–water partition coefficient (Wildman–Crippen LogP) is 2.90. The topological polar surface area (TPSA) is 84.9 Å². The minimum Gasteiger partial charge on any atom is -0.497 e. The highest BCUT2D eigenvalue weighted by atomic mass is 32.2. The number of carbonyl (C=O) groups is 1. The number of sulfonamides is 1. The van der Waals surface area contributed by atoms with Gasteiger partial charge in [0.1, 0.15) is 16.4 Å². The van der Waals surface area contributed by atoms with E-state index >= 15 is 0 Å². The normalized spacial score (nSPS) is 15.6. The first-order valence-corrected chi connectivity index (χ1v) is 11.3. The van der Waals surface area contributed by atoms with Crippen molar-refractivity contribution in [2.24, 2.45) is 0 Å². The number of hydrogen-bond acceptors (Lipinski definition) is 5. The quantitative estimate of drug-likeness (QED) is 0.759. The van der Waals surface area contributed by atoms with E-state index in [1.54, 1.807) is 43.5 Å². The van der Waals surface area contributed by atoms with Crippen LogP contribution in [0.4, 0.5) is 0 Å². The summed E-state index contributed by atoms with van der Waals surface area (Å²) in [5.41, 5.74) is 2.39. The molecule has 8 heteroatoms. The molecule has 1 amide bonds. The number of aryl methyl sites for hydroxylation is 2. The minimum absolute atomic E-state index is 0.0863. The smallest absolute Gasteiger partial charge is 0.251 e. The van der Waals surface area contributed by atoms with Crippen LogP contribution < -0.4 is 14.8 Å². The zero-order valence-electron chi connectivity index (χ0n) is 17.8. The van der Waals surface area contributed by atoms with Crippen molar-refractivity contribution in [3.63, 3.8) is 0 Å². The van der Waals surface area contributed by atoms with Gasteiger partial charge in [-0.1, -0.05) is 6.07 Å². The van der Waals surface area contributed by atoms with Crippen LogP contribution in [0.3, 0.4) is 0 Å². The van der Waals surface area contributed by atoms with Crippen LogP contribution in [-0.2, 0) is 10.0 Å². The second-order valence-corrected chi connectivity index (χ2v) is 9.38. The molecule has 0 spiro atoms. The lowest BCUT2D eigenvalue weighted by Gasteiger charge is -2.32. The Hall–Kier alpha value is -2.58. The molecular weight excluding hydrogens is 404 g/mol. The van der Waals surface area contributed by atoms with Gasteiger partial charge in [-0.25, -0.2) is 8.42 Å². The van der Waals surface area contributed by atoms with E-state index in [1.807, 2.05) is 13.8 Å². The maximum atomic E-state index is 13.2. The van der Waals surface area contributed by atoms with Gasteiger partial charge in [0, 0.05) is 24.7 Å². The molecule has 30 heavy (non-hydrogen) atoms. The second-order valence-electron chi connectivity index (χ2n) is 7.47. The molecule has 0 radical (unpaired) electrons. The summed E-state index contributed by atoms with van der Waals surface area (Å²) in [5.74, 6) is 0.781. The number of carbonyl (C=O) groups excluding carboxylic acids is 1. The lowest BCUT2D eigenvalue weighted by molar-refractivity contribution is 0.0923. The zero-order chi connectivity index (χ0) is 21.9. The number of piperidine rings is 1. The Balaban J connectivity index is 1.68. The molecule has 3 rings (SSSR count). The van der Waals surface area contributed by atoms with Crippen LogP contribution in [-0.4, -0.2) is 52.0 Å². The molecule has 2 aromatic rings. The number of ether oxygens (including phenoxy) is 2. The first-order valence-electron chi connectivity index (χ1n) is 9.86. The molecule has 0 unspecified atom stereocenters. The van der Waals surface area contributed by atoms with Gasteiger partial charge in [-0.15, -0.1) is 0 Å². The fraction of sp³-hybridized carbons (Fsp3) is 0.409. The maximum Gasteiger partial charge on any atom is 0.251 e. The van der Waals surface area contributed by atoms with Gasteiger partial charge < -0.3 is 14.8 Å². The highest BCUT2D eigenvalue weighted by Gasteiger charge is 2.32. The second kappa shape index (κ2) is 9.06. The number of nitrogens with one attached hydrogen (secondary N) is 1. The van der Waals surface area contributed by atoms with Crippen molar-refractivity contribution in [2.45, 2.75) is 37.6 Å². The monoisotopic (exact) mass is 432 g/mol. The Labute approximate surface area is 178 Å². The first-order chi connectivity index (χ1) is 14.3. The zero-order valence-corrected chi connectivity index (χ0v) is 18.6. The Kier molecular flexibility index (Phi) is 6.67. The number of nitrogens with zero attached hydrogens (tertiary/aromatic N) is 1. The standard InChI is InChI=1S/C22H28N2O5S/c1-15-12-20(29-4)21(13-16(15)2)30(26,27)24-10-8-18(9-11-24)23-22(25)17-6-5-7-19(14-17)28-3/h5-7,12-14,18H,8-11H2,1-4H3,(H,23,25). The van der Waals surface area contributed by atoms with E-state index in [1.165, 1.54) is 11.4 Å². The van der Waals surface area contributed by atoms with Crippen molar-refractivity contribution in [3.05, 3.63) is 53.1 Å². The molecule has 1 aliphatic heterocycles. The van der Waals surface area contributed by atoms with Crippen LogP contribution in [0.25, 0.3) is 0 Å². The van der Waals surface area contributed by atoms with Gasteiger partial charge in [-0.2, -0.15) is 4.31 Å². The molecule has 1 aliphatic rings. The summed E-state index contributed by atoms with van der Waals surface area (Å²) in [6.07, 6.45) is 1.09. The van der Waals surface area contributed by atoms with E-state index in [2.05, 4.69) is 5.32 Å². The van der Waals surface area contributed by atoms with Gasteiger partial charge in [0.05, 0.1) is 14.2 Å². The number of benzene rings is 2. The van der Waals surface area contributed by atoms with E-state index in [9.17, 15) is 13.2 Å². The Morgan fingerprint density at radius 1 is 1.03 bits per heavy atom. The van der Waals surface area contributed by atoms with Gasteiger partial charge in [-0.3, -0.25) is 4.79 Å². The average Bonchev–Trinajstić information content (AvgIpc) is 2.75. The van der Waals surface area contributed by atoms with Crippen LogP contribution >= 0.6 is 0 Å². The fourth-order valence-corrected chi connectivity index (χ4v) is 5.23. The molecule has 1 saturated heterocycles. The molecule has 1 fully saturated rings. The highest BCUT2D eigenvalue weighted by Crippen LogP contribution is 2.31. The molecule has 1 heterocycles. The van der Waals surface area contributed by atoms with E-state index in [0.29, 0.717) is 43.0 Å². The van der Waals surface area contributed by atoms with Gasteiger partial charge in [-0.05, 0) is 68.1 Å². The van der Waals surface area contributed by atoms with Gasteiger partial charge in [0.25, 0.3) is 5.91 Å². The van der Waals surface area contributed by atoms with Crippen LogP contribution in [0.15, 0.2) is 41.3 Å². The number of methoxy groups -OCH3 is 2. The number of rotatable bonds is 6. The van der Waals surface area contributed by atoms with Gasteiger partial charge >= 0.3 is 0 Å². The first kappa shape index (κ1) is 22.1. The van der Waals surface area contributed by atoms with Crippen molar-refractivity contribution in [3.8, 4) is 11.5 Å². The molecule has 0 aliphatic carbocycles. The molecule has 162 valence electrons. The van der Waals surface area contributed by atoms with E-state index in [0.717, 1.165) is 11.1 Å². The summed E-state index contributed by atoms with van der Waals surface area (Å²) in [5, 5.41) is 3.00. The van der Waals surface area contributed by atoms with E-state index in [-0.39, 0.29) is 16.8 Å². The Morgan fingerprint density at radius 3 is 2.33 bits per heavy atom. The molecule has 0 bridgehead atoms. The van der Waals surface area contributed by atoms with Crippen LogP contribution in [0, 0.1) is 13.8 Å². The number of hydrogen-bond donors (Lipinski definition) is 1. The van der Waals surface area contributed by atoms with Crippen molar-refractivity contribution < 1.29 is 22.7 Å². The summed E-state index contributed by atoms with van der Waals surface area (Å²) in [6, 6.07) is 10.3. The van der Waals surface area contributed by atoms with Crippen molar-refractivity contribution in [1.29, 1.82) is 0 Å². The van der Waals surface area contributed by atoms with Crippen molar-refractivity contribution >= 4 is 15.9 Å². The summed E-state index contributed by atoms with van der Waals surface area (Å²) >= 11 is 0. The molecule has 7 nitrogen and oxygen atoms in total. The molecular formula is C22H28N2O5S. The molecule has 0 aromatic heterocycles. The Morgan fingerprint density at radius 2 is 1.70 bits per heavy atom. The summed E-state index contributed by atoms with van der Waals surface area (Å²) in [7, 11) is -0.649. The Bertz CT molecular complexity index is 1030. The third kappa shape index (κ3) is 4.60. The van der Waals surface area contributed by atoms with Crippen LogP contribution in [0.1, 0.15) is 34.3 Å².